The lowest BCUT2D eigenvalue weighted by atomic mass is 9.95. The minimum absolute atomic E-state index is 0.357. The number of carbonyl (C=O) groups excluding carboxylic acids is 1. The molecule has 1 N–H and O–H groups in total. The molecular weight excluding hydrogens is 232 g/mol. The van der Waals surface area contributed by atoms with Gasteiger partial charge in [-0.25, -0.2) is 4.79 Å². The number of aliphatic carboxylic acids is 1. The topological polar surface area (TPSA) is 79.1 Å². The number of azo groups is 1. The Hall–Kier alpha value is -2.04. The number of carboxylic acid groups (broad SMARTS) is 1. The van der Waals surface area contributed by atoms with Crippen LogP contribution in [0, 0.1) is 5.92 Å². The Morgan fingerprint density at radius 2 is 2.17 bits per heavy atom. The number of carbonyl (C=O) groups is 2. The Morgan fingerprint density at radius 1 is 1.44 bits per heavy atom. The molecule has 0 fully saturated rings. The van der Waals surface area contributed by atoms with E-state index in [4.69, 9.17) is 5.11 Å². The summed E-state index contributed by atoms with van der Waals surface area (Å²) in [7, 11) is 0. The minimum atomic E-state index is -1.40. The number of nitrogens with zero attached hydrogens (tertiary/aromatic N) is 2. The maximum absolute atomic E-state index is 12.0. The van der Waals surface area contributed by atoms with E-state index in [1.807, 2.05) is 6.07 Å². The highest BCUT2D eigenvalue weighted by Gasteiger charge is 2.32. The highest BCUT2D eigenvalue weighted by molar-refractivity contribution is 6.14. The van der Waals surface area contributed by atoms with Gasteiger partial charge in [-0.3, -0.25) is 4.79 Å². The second-order valence-corrected chi connectivity index (χ2v) is 4.77. The molecule has 0 saturated carbocycles. The van der Waals surface area contributed by atoms with Crippen molar-refractivity contribution in [3.05, 3.63) is 29.3 Å². The van der Waals surface area contributed by atoms with Crippen molar-refractivity contribution in [3.63, 3.8) is 0 Å². The van der Waals surface area contributed by atoms with Crippen LogP contribution in [0.15, 0.2) is 28.4 Å². The lowest BCUT2D eigenvalue weighted by molar-refractivity contribution is -0.137. The average molecular weight is 246 g/mol. The largest absolute Gasteiger partial charge is 0.479 e. The standard InChI is InChI=1S/C13H14N2O3/c1-7(2)5-8-3-4-10-9(6-8)12(16)11(13(17)18)15-14-10/h3-4,6-7,11H,5H2,1-2H3,(H,17,18). The van der Waals surface area contributed by atoms with Gasteiger partial charge in [0.15, 0.2) is 0 Å². The van der Waals surface area contributed by atoms with Gasteiger partial charge in [0.1, 0.15) is 0 Å². The van der Waals surface area contributed by atoms with Crippen LogP contribution >= 0.6 is 0 Å². The molecule has 1 aliphatic heterocycles. The number of hydrogen-bond donors (Lipinski definition) is 1. The van der Waals surface area contributed by atoms with Gasteiger partial charge in [0.25, 0.3) is 0 Å². The number of hydrogen-bond acceptors (Lipinski definition) is 4. The number of fused-ring (bicyclic) bond motifs is 1. The predicted octanol–water partition coefficient (Wildman–Crippen LogP) is 2.62. The van der Waals surface area contributed by atoms with Gasteiger partial charge in [-0.15, -0.1) is 0 Å². The Balaban J connectivity index is 2.38. The summed E-state index contributed by atoms with van der Waals surface area (Å²) in [4.78, 5) is 22.8. The molecule has 2 rings (SSSR count). The van der Waals surface area contributed by atoms with E-state index in [2.05, 4.69) is 24.1 Å². The summed E-state index contributed by atoms with van der Waals surface area (Å²) in [6.45, 7) is 4.17. The van der Waals surface area contributed by atoms with Crippen molar-refractivity contribution in [1.29, 1.82) is 0 Å². The molecule has 0 spiro atoms. The van der Waals surface area contributed by atoms with Crippen LogP contribution in [0.1, 0.15) is 29.8 Å². The fraction of sp³-hybridized carbons (Fsp3) is 0.385. The number of benzene rings is 1. The third-order valence-corrected chi connectivity index (χ3v) is 2.73. The van der Waals surface area contributed by atoms with Gasteiger partial charge >= 0.3 is 5.97 Å². The van der Waals surface area contributed by atoms with Gasteiger partial charge in [-0.05, 0) is 30.0 Å². The zero-order valence-corrected chi connectivity index (χ0v) is 10.3. The second kappa shape index (κ2) is 4.68. The van der Waals surface area contributed by atoms with Gasteiger partial charge in [0.05, 0.1) is 5.69 Å². The summed E-state index contributed by atoms with van der Waals surface area (Å²) in [5.41, 5.74) is 1.82. The fourth-order valence-corrected chi connectivity index (χ4v) is 1.95. The van der Waals surface area contributed by atoms with Gasteiger partial charge in [-0.2, -0.15) is 10.2 Å². The second-order valence-electron chi connectivity index (χ2n) is 4.77. The molecule has 1 aromatic rings. The molecule has 18 heavy (non-hydrogen) atoms. The van der Waals surface area contributed by atoms with Crippen LogP contribution in [0.2, 0.25) is 0 Å². The normalized spacial score (nSPS) is 17.9. The molecule has 0 aliphatic carbocycles. The van der Waals surface area contributed by atoms with E-state index in [9.17, 15) is 9.59 Å². The first-order chi connectivity index (χ1) is 8.49. The molecule has 0 bridgehead atoms. The molecule has 5 nitrogen and oxygen atoms in total. The number of carboxylic acids is 1. The molecule has 1 aromatic carbocycles. The smallest absolute Gasteiger partial charge is 0.338 e. The fourth-order valence-electron chi connectivity index (χ4n) is 1.95. The van der Waals surface area contributed by atoms with Crippen LogP contribution in [-0.2, 0) is 11.2 Å². The van der Waals surface area contributed by atoms with Crippen LogP contribution in [0.4, 0.5) is 5.69 Å². The SMILES string of the molecule is CC(C)Cc1ccc2c(c1)C(=O)C(C(=O)O)N=N2. The van der Waals surface area contributed by atoms with Crippen molar-refractivity contribution in [2.24, 2.45) is 16.1 Å². The van der Waals surface area contributed by atoms with E-state index in [1.165, 1.54) is 0 Å². The van der Waals surface area contributed by atoms with E-state index in [0.29, 0.717) is 17.2 Å². The van der Waals surface area contributed by atoms with Crippen LogP contribution in [-0.4, -0.2) is 22.9 Å². The quantitative estimate of drug-likeness (QED) is 0.832. The number of rotatable bonds is 3. The highest BCUT2D eigenvalue weighted by Crippen LogP contribution is 2.28. The molecule has 0 amide bonds. The summed E-state index contributed by atoms with van der Waals surface area (Å²) < 4.78 is 0. The number of Topliss-reactive ketones (excluding diaryl/α,β-unsaturated/α-hetero) is 1. The summed E-state index contributed by atoms with van der Waals surface area (Å²) in [5, 5.41) is 16.2. The van der Waals surface area contributed by atoms with Crippen LogP contribution in [0.25, 0.3) is 0 Å². The van der Waals surface area contributed by atoms with E-state index in [0.717, 1.165) is 12.0 Å². The Morgan fingerprint density at radius 3 is 2.78 bits per heavy atom. The lowest BCUT2D eigenvalue weighted by Crippen LogP contribution is -2.29. The molecular formula is C13H14N2O3. The maximum Gasteiger partial charge on any atom is 0.338 e. The van der Waals surface area contributed by atoms with Gasteiger partial charge < -0.3 is 5.11 Å². The molecule has 0 radical (unpaired) electrons. The van der Waals surface area contributed by atoms with Gasteiger partial charge in [0.2, 0.25) is 11.8 Å². The first kappa shape index (κ1) is 12.4. The molecule has 5 heteroatoms. The molecule has 0 saturated heterocycles. The predicted molar refractivity (Wildman–Crippen MR) is 65.3 cm³/mol. The van der Waals surface area contributed by atoms with E-state index in [-0.39, 0.29) is 0 Å². The summed E-state index contributed by atoms with van der Waals surface area (Å²) in [6, 6.07) is 3.94. The Bertz CT molecular complexity index is 535. The van der Waals surface area contributed by atoms with E-state index in [1.54, 1.807) is 12.1 Å². The van der Waals surface area contributed by atoms with Crippen molar-refractivity contribution in [1.82, 2.24) is 0 Å². The summed E-state index contributed by atoms with van der Waals surface area (Å²) in [5.74, 6) is -1.28. The van der Waals surface area contributed by atoms with Gasteiger partial charge in [-0.1, -0.05) is 19.9 Å². The van der Waals surface area contributed by atoms with Crippen LogP contribution in [0.5, 0.6) is 0 Å². The third kappa shape index (κ3) is 2.30. The van der Waals surface area contributed by atoms with Crippen molar-refractivity contribution in [2.75, 3.05) is 0 Å². The van der Waals surface area contributed by atoms with Crippen molar-refractivity contribution >= 4 is 17.4 Å². The Labute approximate surface area is 105 Å². The number of ketones is 1. The maximum atomic E-state index is 12.0. The lowest BCUT2D eigenvalue weighted by Gasteiger charge is -2.14. The molecule has 94 valence electrons. The summed E-state index contributed by atoms with van der Waals surface area (Å²) >= 11 is 0. The molecule has 0 aromatic heterocycles. The molecule has 1 heterocycles. The first-order valence-corrected chi connectivity index (χ1v) is 5.80. The zero-order valence-electron chi connectivity index (χ0n) is 10.3. The first-order valence-electron chi connectivity index (χ1n) is 5.80. The highest BCUT2D eigenvalue weighted by atomic mass is 16.4. The zero-order chi connectivity index (χ0) is 13.3. The minimum Gasteiger partial charge on any atom is -0.479 e. The van der Waals surface area contributed by atoms with Crippen LogP contribution < -0.4 is 0 Å². The Kier molecular flexibility index (Phi) is 3.23. The molecule has 1 atom stereocenters. The van der Waals surface area contributed by atoms with Crippen molar-refractivity contribution in [2.45, 2.75) is 26.3 Å². The molecule has 1 unspecified atom stereocenters. The van der Waals surface area contributed by atoms with Crippen LogP contribution in [0.3, 0.4) is 0 Å². The van der Waals surface area contributed by atoms with E-state index < -0.39 is 17.8 Å². The summed E-state index contributed by atoms with van der Waals surface area (Å²) in [6.07, 6.45) is 0.843. The van der Waals surface area contributed by atoms with Crippen molar-refractivity contribution in [3.8, 4) is 0 Å². The average Bonchev–Trinajstić information content (AvgIpc) is 2.29. The van der Waals surface area contributed by atoms with Crippen molar-refractivity contribution < 1.29 is 14.7 Å². The third-order valence-electron chi connectivity index (χ3n) is 2.73. The van der Waals surface area contributed by atoms with Gasteiger partial charge in [0, 0.05) is 5.56 Å². The molecule has 1 aliphatic rings. The van der Waals surface area contributed by atoms with E-state index >= 15 is 0 Å². The monoisotopic (exact) mass is 246 g/mol.